The molecule has 6 heteroatoms. The number of hydrogen-bond donors (Lipinski definition) is 2. The van der Waals surface area contributed by atoms with Crippen LogP contribution >= 0.6 is 0 Å². The number of carbonyl (C=O) groups is 2. The van der Waals surface area contributed by atoms with Gasteiger partial charge in [0, 0.05) is 4.90 Å². The normalized spacial score (nSPS) is 13.3. The molecule has 0 fully saturated rings. The zero-order valence-corrected chi connectivity index (χ0v) is 11.6. The SMILES string of the molecule is O=C(O)c1ccc([S@](=O)[C@@H](C(=O)O)c2ccccc2)cc1. The molecule has 0 radical (unpaired) electrons. The summed E-state index contributed by atoms with van der Waals surface area (Å²) in [6, 6.07) is 13.7. The van der Waals surface area contributed by atoms with Gasteiger partial charge < -0.3 is 10.2 Å². The van der Waals surface area contributed by atoms with Crippen molar-refractivity contribution in [3.63, 3.8) is 0 Å². The van der Waals surface area contributed by atoms with Gasteiger partial charge in [-0.05, 0) is 29.8 Å². The van der Waals surface area contributed by atoms with Gasteiger partial charge in [0.15, 0.2) is 5.25 Å². The number of carboxylic acids is 2. The number of carboxylic acid groups (broad SMARTS) is 2. The smallest absolute Gasteiger partial charge is 0.335 e. The molecule has 0 aliphatic heterocycles. The van der Waals surface area contributed by atoms with Crippen LogP contribution in [0.4, 0.5) is 0 Å². The Labute approximate surface area is 123 Å². The Hall–Kier alpha value is -2.47. The molecular formula is C15H12O5S. The number of hydrogen-bond acceptors (Lipinski definition) is 3. The van der Waals surface area contributed by atoms with E-state index in [1.165, 1.54) is 24.3 Å². The van der Waals surface area contributed by atoms with Crippen LogP contribution in [0.1, 0.15) is 21.2 Å². The van der Waals surface area contributed by atoms with Gasteiger partial charge in [-0.3, -0.25) is 9.00 Å². The van der Waals surface area contributed by atoms with E-state index in [0.29, 0.717) is 5.56 Å². The Bertz CT molecular complexity index is 679. The molecule has 0 spiro atoms. The second kappa shape index (κ2) is 6.32. The molecule has 108 valence electrons. The van der Waals surface area contributed by atoms with E-state index in [-0.39, 0.29) is 10.5 Å². The Kier molecular flexibility index (Phi) is 4.49. The minimum absolute atomic E-state index is 0.0577. The van der Waals surface area contributed by atoms with Crippen LogP contribution in [0.25, 0.3) is 0 Å². The molecule has 0 saturated heterocycles. The Morgan fingerprint density at radius 3 is 1.95 bits per heavy atom. The summed E-state index contributed by atoms with van der Waals surface area (Å²) in [5, 5.41) is 16.9. The van der Waals surface area contributed by atoms with Gasteiger partial charge in [0.25, 0.3) is 0 Å². The summed E-state index contributed by atoms with van der Waals surface area (Å²) in [4.78, 5) is 22.5. The highest BCUT2D eigenvalue weighted by atomic mass is 32.2. The van der Waals surface area contributed by atoms with E-state index in [0.717, 1.165) is 0 Å². The molecule has 2 N–H and O–H groups in total. The quantitative estimate of drug-likeness (QED) is 0.884. The molecule has 0 bridgehead atoms. The molecule has 0 amide bonds. The standard InChI is InChI=1S/C15H12O5S/c16-14(17)11-6-8-12(9-7-11)21(20)13(15(18)19)10-4-2-1-3-5-10/h1-9,13H,(H,16,17)(H,18,19)/t13-,21+/m1/s1. The minimum atomic E-state index is -1.82. The summed E-state index contributed by atoms with van der Waals surface area (Å²) in [5.74, 6) is -2.29. The minimum Gasteiger partial charge on any atom is -0.480 e. The first-order valence-corrected chi connectivity index (χ1v) is 7.23. The molecule has 2 aromatic rings. The highest BCUT2D eigenvalue weighted by Crippen LogP contribution is 2.25. The van der Waals surface area contributed by atoms with E-state index >= 15 is 0 Å². The van der Waals surface area contributed by atoms with Gasteiger partial charge in [0.2, 0.25) is 0 Å². The van der Waals surface area contributed by atoms with Gasteiger partial charge in [-0.25, -0.2) is 4.79 Å². The van der Waals surface area contributed by atoms with Gasteiger partial charge in [0.1, 0.15) is 0 Å². The molecule has 21 heavy (non-hydrogen) atoms. The van der Waals surface area contributed by atoms with Crippen LogP contribution in [0.2, 0.25) is 0 Å². The number of aromatic carboxylic acids is 1. The topological polar surface area (TPSA) is 91.7 Å². The Morgan fingerprint density at radius 2 is 1.48 bits per heavy atom. The fourth-order valence-corrected chi connectivity index (χ4v) is 3.12. The second-order valence-electron chi connectivity index (χ2n) is 4.26. The Balaban J connectivity index is 2.35. The highest BCUT2D eigenvalue weighted by Gasteiger charge is 2.27. The molecule has 2 aromatic carbocycles. The first kappa shape index (κ1) is 14.9. The van der Waals surface area contributed by atoms with Crippen LogP contribution in [0.15, 0.2) is 59.5 Å². The average molecular weight is 304 g/mol. The summed E-state index contributed by atoms with van der Waals surface area (Å²) in [6.45, 7) is 0. The number of benzene rings is 2. The lowest BCUT2D eigenvalue weighted by molar-refractivity contribution is -0.136. The fraction of sp³-hybridized carbons (Fsp3) is 0.0667. The lowest BCUT2D eigenvalue weighted by Crippen LogP contribution is -2.17. The van der Waals surface area contributed by atoms with Crippen molar-refractivity contribution in [2.75, 3.05) is 0 Å². The molecule has 2 rings (SSSR count). The molecule has 0 aliphatic carbocycles. The van der Waals surface area contributed by atoms with E-state index in [9.17, 15) is 18.9 Å². The van der Waals surface area contributed by atoms with Crippen molar-refractivity contribution in [1.29, 1.82) is 0 Å². The summed E-state index contributed by atoms with van der Waals surface area (Å²) in [6.07, 6.45) is 0. The van der Waals surface area contributed by atoms with Crippen molar-refractivity contribution in [1.82, 2.24) is 0 Å². The maximum atomic E-state index is 12.5. The molecule has 0 aliphatic rings. The summed E-state index contributed by atoms with van der Waals surface area (Å²) in [5.41, 5.74) is 0.494. The van der Waals surface area contributed by atoms with Crippen molar-refractivity contribution in [2.24, 2.45) is 0 Å². The average Bonchev–Trinajstić information content (AvgIpc) is 2.48. The van der Waals surface area contributed by atoms with Crippen LogP contribution in [-0.4, -0.2) is 26.4 Å². The first-order valence-electron chi connectivity index (χ1n) is 6.02. The van der Waals surface area contributed by atoms with Crippen LogP contribution in [-0.2, 0) is 15.6 Å². The fourth-order valence-electron chi connectivity index (χ4n) is 1.85. The molecule has 2 atom stereocenters. The van der Waals surface area contributed by atoms with Gasteiger partial charge >= 0.3 is 11.9 Å². The largest absolute Gasteiger partial charge is 0.480 e. The van der Waals surface area contributed by atoms with Crippen LogP contribution in [0.5, 0.6) is 0 Å². The summed E-state index contributed by atoms with van der Waals surface area (Å²) < 4.78 is 12.5. The third kappa shape index (κ3) is 3.35. The van der Waals surface area contributed by atoms with E-state index in [1.54, 1.807) is 30.3 Å². The monoisotopic (exact) mass is 304 g/mol. The Morgan fingerprint density at radius 1 is 0.905 bits per heavy atom. The molecular weight excluding hydrogens is 292 g/mol. The molecule has 0 saturated carbocycles. The van der Waals surface area contributed by atoms with E-state index in [1.807, 2.05) is 0 Å². The zero-order chi connectivity index (χ0) is 15.4. The number of rotatable bonds is 5. The van der Waals surface area contributed by atoms with Gasteiger partial charge in [-0.15, -0.1) is 0 Å². The van der Waals surface area contributed by atoms with Crippen molar-refractivity contribution in [3.8, 4) is 0 Å². The lowest BCUT2D eigenvalue weighted by Gasteiger charge is -2.12. The number of aliphatic carboxylic acids is 1. The molecule has 0 aromatic heterocycles. The van der Waals surface area contributed by atoms with Gasteiger partial charge in [-0.1, -0.05) is 30.3 Å². The first-order chi connectivity index (χ1) is 10.0. The van der Waals surface area contributed by atoms with Gasteiger partial charge in [0.05, 0.1) is 16.4 Å². The van der Waals surface area contributed by atoms with Crippen LogP contribution < -0.4 is 0 Å². The van der Waals surface area contributed by atoms with Crippen molar-refractivity contribution in [2.45, 2.75) is 10.1 Å². The van der Waals surface area contributed by atoms with Crippen LogP contribution in [0.3, 0.4) is 0 Å². The van der Waals surface area contributed by atoms with E-state index in [2.05, 4.69) is 0 Å². The van der Waals surface area contributed by atoms with E-state index in [4.69, 9.17) is 5.11 Å². The van der Waals surface area contributed by atoms with E-state index < -0.39 is 28.0 Å². The van der Waals surface area contributed by atoms with Crippen molar-refractivity contribution >= 4 is 22.7 Å². The lowest BCUT2D eigenvalue weighted by atomic mass is 10.1. The molecule has 0 heterocycles. The second-order valence-corrected chi connectivity index (χ2v) is 5.79. The van der Waals surface area contributed by atoms with Crippen molar-refractivity contribution < 1.29 is 24.0 Å². The van der Waals surface area contributed by atoms with Crippen LogP contribution in [0, 0.1) is 0 Å². The molecule has 0 unspecified atom stereocenters. The maximum absolute atomic E-state index is 12.5. The predicted molar refractivity (Wildman–Crippen MR) is 76.6 cm³/mol. The zero-order valence-electron chi connectivity index (χ0n) is 10.8. The summed E-state index contributed by atoms with van der Waals surface area (Å²) in [7, 11) is -1.82. The van der Waals surface area contributed by atoms with Crippen molar-refractivity contribution in [3.05, 3.63) is 65.7 Å². The highest BCUT2D eigenvalue weighted by molar-refractivity contribution is 7.86. The van der Waals surface area contributed by atoms with Gasteiger partial charge in [-0.2, -0.15) is 0 Å². The third-order valence-corrected chi connectivity index (χ3v) is 4.51. The predicted octanol–water partition coefficient (Wildman–Crippen LogP) is 2.32. The third-order valence-electron chi connectivity index (χ3n) is 2.87. The maximum Gasteiger partial charge on any atom is 0.335 e. The molecule has 5 nitrogen and oxygen atoms in total. The summed E-state index contributed by atoms with van der Waals surface area (Å²) >= 11 is 0.